The highest BCUT2D eigenvalue weighted by atomic mass is 16.3. The number of rotatable bonds is 6. The van der Waals surface area contributed by atoms with Gasteiger partial charge in [-0.15, -0.1) is 0 Å². The maximum Gasteiger partial charge on any atom is 0.0465 e. The van der Waals surface area contributed by atoms with E-state index in [4.69, 9.17) is 0 Å². The molecule has 1 atom stereocenters. The van der Waals surface area contributed by atoms with Crippen LogP contribution in [-0.2, 0) is 19.3 Å². The number of hydrogen-bond donors (Lipinski definition) is 1. The van der Waals surface area contributed by atoms with Gasteiger partial charge >= 0.3 is 0 Å². The first-order valence-electron chi connectivity index (χ1n) is 7.45. The van der Waals surface area contributed by atoms with Gasteiger partial charge in [-0.05, 0) is 48.8 Å². The summed E-state index contributed by atoms with van der Waals surface area (Å²) < 4.78 is 0. The average molecular weight is 268 g/mol. The summed E-state index contributed by atoms with van der Waals surface area (Å²) >= 11 is 0. The molecule has 2 rings (SSSR count). The standard InChI is InChI=1S/C19H24O/c1-3-16-8-10-18(11-9-16)13-19(14-20)12-17-6-4-15(2)5-7-17/h4-11,19-20H,3,12-14H2,1-2H3. The highest BCUT2D eigenvalue weighted by Crippen LogP contribution is 2.16. The molecule has 0 spiro atoms. The molecule has 0 aliphatic carbocycles. The Bertz CT molecular complexity index is 510. The van der Waals surface area contributed by atoms with Gasteiger partial charge in [0, 0.05) is 6.61 Å². The zero-order valence-corrected chi connectivity index (χ0v) is 12.5. The van der Waals surface area contributed by atoms with Crippen LogP contribution in [0.1, 0.15) is 29.2 Å². The van der Waals surface area contributed by atoms with Crippen LogP contribution in [0.25, 0.3) is 0 Å². The summed E-state index contributed by atoms with van der Waals surface area (Å²) in [5.74, 6) is 0.296. The van der Waals surface area contributed by atoms with Gasteiger partial charge in [0.05, 0.1) is 0 Å². The Morgan fingerprint density at radius 3 is 1.70 bits per heavy atom. The van der Waals surface area contributed by atoms with Gasteiger partial charge < -0.3 is 5.11 Å². The Labute approximate surface area is 122 Å². The van der Waals surface area contributed by atoms with E-state index in [2.05, 4.69) is 62.4 Å². The van der Waals surface area contributed by atoms with E-state index in [9.17, 15) is 5.11 Å². The van der Waals surface area contributed by atoms with Crippen LogP contribution >= 0.6 is 0 Å². The molecule has 20 heavy (non-hydrogen) atoms. The molecule has 0 saturated heterocycles. The maximum absolute atomic E-state index is 9.60. The highest BCUT2D eigenvalue weighted by Gasteiger charge is 2.10. The minimum atomic E-state index is 0.239. The Balaban J connectivity index is 1.99. The van der Waals surface area contributed by atoms with Crippen LogP contribution < -0.4 is 0 Å². The number of aliphatic hydroxyl groups excluding tert-OH is 1. The van der Waals surface area contributed by atoms with Crippen molar-refractivity contribution >= 4 is 0 Å². The van der Waals surface area contributed by atoms with Gasteiger partial charge in [0.15, 0.2) is 0 Å². The normalized spacial score (nSPS) is 12.3. The van der Waals surface area contributed by atoms with Crippen molar-refractivity contribution in [3.8, 4) is 0 Å². The Hall–Kier alpha value is -1.60. The van der Waals surface area contributed by atoms with Crippen LogP contribution in [0.3, 0.4) is 0 Å². The second-order valence-corrected chi connectivity index (χ2v) is 5.61. The molecule has 0 bridgehead atoms. The van der Waals surface area contributed by atoms with Gasteiger partial charge in [-0.25, -0.2) is 0 Å². The van der Waals surface area contributed by atoms with Crippen molar-refractivity contribution in [2.75, 3.05) is 6.61 Å². The van der Waals surface area contributed by atoms with Gasteiger partial charge in [0.2, 0.25) is 0 Å². The van der Waals surface area contributed by atoms with E-state index in [0.29, 0.717) is 5.92 Å². The van der Waals surface area contributed by atoms with E-state index >= 15 is 0 Å². The van der Waals surface area contributed by atoms with Crippen molar-refractivity contribution in [3.63, 3.8) is 0 Å². The molecular weight excluding hydrogens is 244 g/mol. The summed E-state index contributed by atoms with van der Waals surface area (Å²) in [7, 11) is 0. The summed E-state index contributed by atoms with van der Waals surface area (Å²) in [5, 5.41) is 9.60. The predicted molar refractivity (Wildman–Crippen MR) is 85.0 cm³/mol. The average Bonchev–Trinajstić information content (AvgIpc) is 2.49. The van der Waals surface area contributed by atoms with Crippen molar-refractivity contribution in [2.24, 2.45) is 5.92 Å². The second-order valence-electron chi connectivity index (χ2n) is 5.61. The lowest BCUT2D eigenvalue weighted by atomic mass is 9.92. The highest BCUT2D eigenvalue weighted by molar-refractivity contribution is 5.24. The molecule has 0 aliphatic heterocycles. The van der Waals surface area contributed by atoms with E-state index < -0.39 is 0 Å². The molecule has 106 valence electrons. The molecule has 0 amide bonds. The summed E-state index contributed by atoms with van der Waals surface area (Å²) in [6, 6.07) is 17.4. The number of aryl methyl sites for hydroxylation is 2. The van der Waals surface area contributed by atoms with Gasteiger partial charge in [-0.1, -0.05) is 61.0 Å². The Morgan fingerprint density at radius 1 is 0.800 bits per heavy atom. The molecule has 0 aliphatic rings. The van der Waals surface area contributed by atoms with Crippen LogP contribution in [0, 0.1) is 12.8 Å². The van der Waals surface area contributed by atoms with Crippen molar-refractivity contribution in [1.29, 1.82) is 0 Å². The number of aliphatic hydroxyl groups is 1. The van der Waals surface area contributed by atoms with E-state index in [0.717, 1.165) is 19.3 Å². The Morgan fingerprint density at radius 2 is 1.25 bits per heavy atom. The molecule has 0 heterocycles. The Kier molecular flexibility index (Phi) is 5.37. The third-order valence-corrected chi connectivity index (χ3v) is 3.86. The van der Waals surface area contributed by atoms with Gasteiger partial charge in [-0.3, -0.25) is 0 Å². The first-order chi connectivity index (χ1) is 9.71. The van der Waals surface area contributed by atoms with Crippen molar-refractivity contribution in [1.82, 2.24) is 0 Å². The van der Waals surface area contributed by atoms with Crippen molar-refractivity contribution in [3.05, 3.63) is 70.8 Å². The summed E-state index contributed by atoms with van der Waals surface area (Å²) in [4.78, 5) is 0. The summed E-state index contributed by atoms with van der Waals surface area (Å²) in [5.41, 5.74) is 5.27. The van der Waals surface area contributed by atoms with Crippen molar-refractivity contribution < 1.29 is 5.11 Å². The van der Waals surface area contributed by atoms with Crippen LogP contribution in [0.4, 0.5) is 0 Å². The number of hydrogen-bond acceptors (Lipinski definition) is 1. The minimum Gasteiger partial charge on any atom is -0.396 e. The zero-order valence-electron chi connectivity index (χ0n) is 12.5. The first-order valence-corrected chi connectivity index (χ1v) is 7.45. The lowest BCUT2D eigenvalue weighted by molar-refractivity contribution is 0.225. The van der Waals surface area contributed by atoms with E-state index in [1.165, 1.54) is 22.3 Å². The molecule has 1 heteroatoms. The monoisotopic (exact) mass is 268 g/mol. The lowest BCUT2D eigenvalue weighted by Gasteiger charge is -2.15. The quantitative estimate of drug-likeness (QED) is 0.841. The smallest absolute Gasteiger partial charge is 0.0465 e. The molecule has 1 N–H and O–H groups in total. The minimum absolute atomic E-state index is 0.239. The van der Waals surface area contributed by atoms with Gasteiger partial charge in [0.1, 0.15) is 0 Å². The second kappa shape index (κ2) is 7.25. The lowest BCUT2D eigenvalue weighted by Crippen LogP contribution is -2.13. The molecule has 1 unspecified atom stereocenters. The van der Waals surface area contributed by atoms with Gasteiger partial charge in [0.25, 0.3) is 0 Å². The third-order valence-electron chi connectivity index (χ3n) is 3.86. The fraction of sp³-hybridized carbons (Fsp3) is 0.368. The summed E-state index contributed by atoms with van der Waals surface area (Å²) in [6.45, 7) is 4.51. The zero-order chi connectivity index (χ0) is 14.4. The fourth-order valence-corrected chi connectivity index (χ4v) is 2.50. The van der Waals surface area contributed by atoms with E-state index in [1.807, 2.05) is 0 Å². The molecule has 0 aromatic heterocycles. The molecule has 2 aromatic rings. The number of benzene rings is 2. The first kappa shape index (κ1) is 14.8. The maximum atomic E-state index is 9.60. The van der Waals surface area contributed by atoms with Crippen LogP contribution in [0.15, 0.2) is 48.5 Å². The summed E-state index contributed by atoms with van der Waals surface area (Å²) in [6.07, 6.45) is 2.95. The SMILES string of the molecule is CCc1ccc(CC(CO)Cc2ccc(C)cc2)cc1. The molecular formula is C19H24O. The molecule has 0 fully saturated rings. The largest absolute Gasteiger partial charge is 0.396 e. The van der Waals surface area contributed by atoms with E-state index in [-0.39, 0.29) is 6.61 Å². The third kappa shape index (κ3) is 4.21. The van der Waals surface area contributed by atoms with Crippen LogP contribution in [-0.4, -0.2) is 11.7 Å². The van der Waals surface area contributed by atoms with Crippen molar-refractivity contribution in [2.45, 2.75) is 33.1 Å². The molecule has 2 aromatic carbocycles. The van der Waals surface area contributed by atoms with E-state index in [1.54, 1.807) is 0 Å². The predicted octanol–water partition coefficient (Wildman–Crippen LogP) is 3.95. The molecule has 0 saturated carbocycles. The molecule has 1 nitrogen and oxygen atoms in total. The molecule has 0 radical (unpaired) electrons. The van der Waals surface area contributed by atoms with Crippen LogP contribution in [0.2, 0.25) is 0 Å². The van der Waals surface area contributed by atoms with Crippen LogP contribution in [0.5, 0.6) is 0 Å². The van der Waals surface area contributed by atoms with Gasteiger partial charge in [-0.2, -0.15) is 0 Å². The fourth-order valence-electron chi connectivity index (χ4n) is 2.50. The topological polar surface area (TPSA) is 20.2 Å².